The van der Waals surface area contributed by atoms with Crippen LogP contribution in [0.3, 0.4) is 0 Å². The molecule has 0 saturated carbocycles. The largest absolute Gasteiger partial charge is 0.492 e. The SMILES string of the molecule is COc1nc(O)c(Cl)c(=O)[nH]1. The third-order valence-electron chi connectivity index (χ3n) is 1.02. The highest BCUT2D eigenvalue weighted by Crippen LogP contribution is 2.15. The summed E-state index contributed by atoms with van der Waals surface area (Å²) in [6, 6.07) is -0.0723. The normalized spacial score (nSPS) is 9.64. The zero-order chi connectivity index (χ0) is 8.43. The summed E-state index contributed by atoms with van der Waals surface area (Å²) in [4.78, 5) is 16.3. The van der Waals surface area contributed by atoms with E-state index in [1.807, 2.05) is 0 Å². The minimum Gasteiger partial charge on any atom is -0.492 e. The van der Waals surface area contributed by atoms with Crippen LogP contribution in [0.1, 0.15) is 0 Å². The Morgan fingerprint density at radius 1 is 1.73 bits per heavy atom. The summed E-state index contributed by atoms with van der Waals surface area (Å²) < 4.78 is 4.55. The smallest absolute Gasteiger partial charge is 0.299 e. The van der Waals surface area contributed by atoms with Gasteiger partial charge >= 0.3 is 0 Å². The molecule has 0 aliphatic rings. The summed E-state index contributed by atoms with van der Waals surface area (Å²) >= 11 is 5.29. The quantitative estimate of drug-likeness (QED) is 0.638. The molecular weight excluding hydrogens is 172 g/mol. The fourth-order valence-corrected chi connectivity index (χ4v) is 0.613. The van der Waals surface area contributed by atoms with Crippen LogP contribution in [0.4, 0.5) is 0 Å². The van der Waals surface area contributed by atoms with E-state index in [1.54, 1.807) is 0 Å². The van der Waals surface area contributed by atoms with Gasteiger partial charge < -0.3 is 9.84 Å². The molecule has 1 rings (SSSR count). The van der Waals surface area contributed by atoms with Crippen LogP contribution >= 0.6 is 11.6 Å². The van der Waals surface area contributed by atoms with Gasteiger partial charge in [0.05, 0.1) is 7.11 Å². The van der Waals surface area contributed by atoms with Gasteiger partial charge in [-0.25, -0.2) is 0 Å². The van der Waals surface area contributed by atoms with Crippen molar-refractivity contribution in [3.8, 4) is 11.9 Å². The topological polar surface area (TPSA) is 75.2 Å². The third-order valence-corrected chi connectivity index (χ3v) is 1.36. The molecule has 0 spiro atoms. The van der Waals surface area contributed by atoms with E-state index >= 15 is 0 Å². The van der Waals surface area contributed by atoms with Crippen LogP contribution in [-0.4, -0.2) is 22.2 Å². The second-order valence-corrected chi connectivity index (χ2v) is 2.09. The number of hydrogen-bond donors (Lipinski definition) is 2. The molecule has 0 bridgehead atoms. The maximum atomic E-state index is 10.8. The Labute approximate surface area is 66.6 Å². The van der Waals surface area contributed by atoms with Crippen LogP contribution in [0.25, 0.3) is 0 Å². The summed E-state index contributed by atoms with van der Waals surface area (Å²) in [5.74, 6) is -0.535. The lowest BCUT2D eigenvalue weighted by atomic mass is 10.6. The molecule has 11 heavy (non-hydrogen) atoms. The molecule has 0 atom stereocenters. The molecule has 0 saturated heterocycles. The van der Waals surface area contributed by atoms with E-state index in [0.29, 0.717) is 0 Å². The van der Waals surface area contributed by atoms with Crippen molar-refractivity contribution in [1.82, 2.24) is 9.97 Å². The lowest BCUT2D eigenvalue weighted by Gasteiger charge is -1.98. The predicted molar refractivity (Wildman–Crippen MR) is 38.1 cm³/mol. The summed E-state index contributed by atoms with van der Waals surface area (Å²) in [6.45, 7) is 0. The molecule has 5 nitrogen and oxygen atoms in total. The standard InChI is InChI=1S/C5H5ClN2O3/c1-11-5-7-3(9)2(6)4(10)8-5/h1H3,(H2,7,8,9,10). The fourth-order valence-electron chi connectivity index (χ4n) is 0.523. The number of rotatable bonds is 1. The van der Waals surface area contributed by atoms with Crippen molar-refractivity contribution in [1.29, 1.82) is 0 Å². The van der Waals surface area contributed by atoms with Crippen LogP contribution in [-0.2, 0) is 0 Å². The Balaban J connectivity index is 3.32. The maximum absolute atomic E-state index is 10.8. The van der Waals surface area contributed by atoms with Gasteiger partial charge in [-0.15, -0.1) is 0 Å². The van der Waals surface area contributed by atoms with E-state index in [-0.39, 0.29) is 11.0 Å². The van der Waals surface area contributed by atoms with Gasteiger partial charge in [-0.05, 0) is 0 Å². The lowest BCUT2D eigenvalue weighted by molar-refractivity contribution is 0.362. The molecule has 1 aromatic rings. The van der Waals surface area contributed by atoms with Gasteiger partial charge in [0.15, 0.2) is 5.02 Å². The maximum Gasteiger partial charge on any atom is 0.299 e. The second-order valence-electron chi connectivity index (χ2n) is 1.71. The lowest BCUT2D eigenvalue weighted by Crippen LogP contribution is -2.09. The minimum absolute atomic E-state index is 0.0723. The number of ether oxygens (including phenoxy) is 1. The van der Waals surface area contributed by atoms with Crippen molar-refractivity contribution in [3.63, 3.8) is 0 Å². The van der Waals surface area contributed by atoms with Crippen LogP contribution in [0, 0.1) is 0 Å². The summed E-state index contributed by atoms with van der Waals surface area (Å²) in [6.07, 6.45) is 0. The van der Waals surface area contributed by atoms with Crippen molar-refractivity contribution < 1.29 is 9.84 Å². The van der Waals surface area contributed by atoms with Gasteiger partial charge in [0, 0.05) is 0 Å². The minimum atomic E-state index is -0.629. The molecule has 1 aromatic heterocycles. The third kappa shape index (κ3) is 1.43. The van der Waals surface area contributed by atoms with Gasteiger partial charge in [-0.1, -0.05) is 11.6 Å². The highest BCUT2D eigenvalue weighted by molar-refractivity contribution is 6.31. The first-order valence-corrected chi connectivity index (χ1v) is 3.05. The molecule has 6 heteroatoms. The van der Waals surface area contributed by atoms with Crippen molar-refractivity contribution in [2.24, 2.45) is 0 Å². The highest BCUT2D eigenvalue weighted by Gasteiger charge is 2.06. The van der Waals surface area contributed by atoms with E-state index in [2.05, 4.69) is 14.7 Å². The molecule has 1 heterocycles. The van der Waals surface area contributed by atoms with Crippen LogP contribution in [0.5, 0.6) is 11.9 Å². The van der Waals surface area contributed by atoms with Gasteiger partial charge in [-0.2, -0.15) is 4.98 Å². The van der Waals surface area contributed by atoms with Crippen LogP contribution < -0.4 is 10.3 Å². The molecule has 0 radical (unpaired) electrons. The van der Waals surface area contributed by atoms with E-state index in [1.165, 1.54) is 7.11 Å². The Hall–Kier alpha value is -1.23. The highest BCUT2D eigenvalue weighted by atomic mass is 35.5. The number of halogens is 1. The zero-order valence-corrected chi connectivity index (χ0v) is 6.34. The molecule has 0 unspecified atom stereocenters. The van der Waals surface area contributed by atoms with Crippen LogP contribution in [0.15, 0.2) is 4.79 Å². The predicted octanol–water partition coefficient (Wildman–Crippen LogP) is 0.137. The first-order chi connectivity index (χ1) is 5.15. The van der Waals surface area contributed by atoms with Gasteiger partial charge in [-0.3, -0.25) is 9.78 Å². The average Bonchev–Trinajstić information content (AvgIpc) is 1.99. The Morgan fingerprint density at radius 2 is 2.36 bits per heavy atom. The molecular formula is C5H5ClN2O3. The molecule has 0 aliphatic heterocycles. The van der Waals surface area contributed by atoms with Crippen molar-refractivity contribution in [2.45, 2.75) is 0 Å². The number of hydrogen-bond acceptors (Lipinski definition) is 4. The first-order valence-electron chi connectivity index (χ1n) is 2.68. The summed E-state index contributed by atoms with van der Waals surface area (Å²) in [7, 11) is 1.31. The molecule has 0 fully saturated rings. The average molecular weight is 177 g/mol. The van der Waals surface area contributed by atoms with Crippen LogP contribution in [0.2, 0.25) is 5.02 Å². The first kappa shape index (κ1) is 7.87. The molecule has 2 N–H and O–H groups in total. The summed E-state index contributed by atoms with van der Waals surface area (Å²) in [5.41, 5.74) is -0.629. The number of aromatic hydroxyl groups is 1. The number of aromatic amines is 1. The van der Waals surface area contributed by atoms with Gasteiger partial charge in [0.25, 0.3) is 11.6 Å². The summed E-state index contributed by atoms with van der Waals surface area (Å²) in [5, 5.41) is 8.53. The Kier molecular flexibility index (Phi) is 2.00. The molecule has 0 amide bonds. The second kappa shape index (κ2) is 2.79. The van der Waals surface area contributed by atoms with Crippen molar-refractivity contribution in [2.75, 3.05) is 7.11 Å². The molecule has 0 aliphatic carbocycles. The fraction of sp³-hybridized carbons (Fsp3) is 0.200. The Bertz CT molecular complexity index is 322. The monoisotopic (exact) mass is 176 g/mol. The van der Waals surface area contributed by atoms with E-state index in [9.17, 15) is 4.79 Å². The number of nitrogens with zero attached hydrogens (tertiary/aromatic N) is 1. The van der Waals surface area contributed by atoms with Gasteiger partial charge in [0.2, 0.25) is 5.88 Å². The molecule has 60 valence electrons. The zero-order valence-electron chi connectivity index (χ0n) is 5.59. The van der Waals surface area contributed by atoms with E-state index in [0.717, 1.165) is 0 Å². The van der Waals surface area contributed by atoms with Crippen molar-refractivity contribution in [3.05, 3.63) is 15.4 Å². The van der Waals surface area contributed by atoms with E-state index in [4.69, 9.17) is 16.7 Å². The van der Waals surface area contributed by atoms with Gasteiger partial charge in [0.1, 0.15) is 0 Å². The van der Waals surface area contributed by atoms with Crippen molar-refractivity contribution >= 4 is 11.6 Å². The van der Waals surface area contributed by atoms with E-state index < -0.39 is 11.4 Å². The number of aromatic nitrogens is 2. The Morgan fingerprint density at radius 3 is 2.82 bits per heavy atom. The number of nitrogens with one attached hydrogen (secondary N) is 1. The number of methoxy groups -OCH3 is 1. The molecule has 0 aromatic carbocycles. The number of H-pyrrole nitrogens is 1.